The highest BCUT2D eigenvalue weighted by Gasteiger charge is 2.15. The van der Waals surface area contributed by atoms with E-state index < -0.39 is 5.60 Å². The van der Waals surface area contributed by atoms with E-state index in [1.54, 1.807) is 26.2 Å². The van der Waals surface area contributed by atoms with Crippen molar-refractivity contribution >= 4 is 6.03 Å². The van der Waals surface area contributed by atoms with E-state index in [-0.39, 0.29) is 18.6 Å². The average Bonchev–Trinajstić information content (AvgIpc) is 2.53. The van der Waals surface area contributed by atoms with Gasteiger partial charge in [-0.3, -0.25) is 0 Å². The van der Waals surface area contributed by atoms with Crippen LogP contribution in [0.25, 0.3) is 11.1 Å². The van der Waals surface area contributed by atoms with Crippen LogP contribution in [0, 0.1) is 0 Å². The molecule has 0 radical (unpaired) electrons. The van der Waals surface area contributed by atoms with E-state index in [0.29, 0.717) is 0 Å². The molecule has 6 nitrogen and oxygen atoms in total. The molecule has 0 bridgehead atoms. The number of carbonyl (C=O) groups excluding carboxylic acids is 1. The number of benzene rings is 1. The molecular formula is C17H22N4O2. The van der Waals surface area contributed by atoms with E-state index in [0.717, 1.165) is 16.7 Å². The number of nitrogens with zero attached hydrogens (tertiary/aromatic N) is 2. The molecule has 2 amide bonds. The lowest BCUT2D eigenvalue weighted by Crippen LogP contribution is -2.44. The van der Waals surface area contributed by atoms with Gasteiger partial charge in [-0.15, -0.1) is 0 Å². The molecule has 3 N–H and O–H groups in total. The Morgan fingerprint density at radius 2 is 1.78 bits per heavy atom. The number of amides is 2. The Hall–Kier alpha value is -2.47. The van der Waals surface area contributed by atoms with Crippen molar-refractivity contribution in [2.24, 2.45) is 0 Å². The van der Waals surface area contributed by atoms with Gasteiger partial charge in [0.1, 0.15) is 6.33 Å². The van der Waals surface area contributed by atoms with Gasteiger partial charge in [0.2, 0.25) is 0 Å². The summed E-state index contributed by atoms with van der Waals surface area (Å²) in [6.07, 6.45) is 5.01. The summed E-state index contributed by atoms with van der Waals surface area (Å²) in [5.41, 5.74) is 2.03. The first-order valence-corrected chi connectivity index (χ1v) is 7.47. The van der Waals surface area contributed by atoms with Crippen LogP contribution in [0.4, 0.5) is 4.79 Å². The van der Waals surface area contributed by atoms with E-state index >= 15 is 0 Å². The van der Waals surface area contributed by atoms with Crippen molar-refractivity contribution in [3.8, 4) is 11.1 Å². The molecule has 6 heteroatoms. The maximum Gasteiger partial charge on any atom is 0.315 e. The minimum Gasteiger partial charge on any atom is -0.389 e. The fraction of sp³-hybridized carbons (Fsp3) is 0.353. The highest BCUT2D eigenvalue weighted by molar-refractivity contribution is 5.74. The maximum absolute atomic E-state index is 11.8. The average molecular weight is 314 g/mol. The fourth-order valence-corrected chi connectivity index (χ4v) is 2.04. The first-order chi connectivity index (χ1) is 10.8. The van der Waals surface area contributed by atoms with Crippen molar-refractivity contribution in [3.63, 3.8) is 0 Å². The Morgan fingerprint density at radius 3 is 2.35 bits per heavy atom. The standard InChI is InChI=1S/C17H22N4O2/c1-12(21-16(22)20-10-17(2,3)23)13-4-6-14(7-5-13)15-8-18-11-19-9-15/h4-9,11-12,23H,10H2,1-3H3,(H2,20,21,22)/t12-/m1/s1. The Balaban J connectivity index is 1.95. The molecule has 2 rings (SSSR count). The lowest BCUT2D eigenvalue weighted by Gasteiger charge is -2.20. The van der Waals surface area contributed by atoms with Gasteiger partial charge >= 0.3 is 6.03 Å². The van der Waals surface area contributed by atoms with E-state index in [2.05, 4.69) is 20.6 Å². The molecule has 0 spiro atoms. The molecule has 1 aromatic heterocycles. The number of urea groups is 1. The van der Waals surface area contributed by atoms with E-state index in [9.17, 15) is 9.90 Å². The minimum absolute atomic E-state index is 0.141. The third-order valence-corrected chi connectivity index (χ3v) is 3.33. The molecule has 2 aromatic rings. The van der Waals surface area contributed by atoms with Gasteiger partial charge in [0.15, 0.2) is 0 Å². The van der Waals surface area contributed by atoms with Crippen LogP contribution in [-0.4, -0.2) is 33.3 Å². The minimum atomic E-state index is -0.931. The van der Waals surface area contributed by atoms with Crippen molar-refractivity contribution < 1.29 is 9.90 Å². The third-order valence-electron chi connectivity index (χ3n) is 3.33. The molecule has 23 heavy (non-hydrogen) atoms. The lowest BCUT2D eigenvalue weighted by atomic mass is 10.0. The van der Waals surface area contributed by atoms with Gasteiger partial charge in [-0.25, -0.2) is 14.8 Å². The smallest absolute Gasteiger partial charge is 0.315 e. The fourth-order valence-electron chi connectivity index (χ4n) is 2.04. The van der Waals surface area contributed by atoms with Crippen molar-refractivity contribution in [1.29, 1.82) is 0 Å². The first-order valence-electron chi connectivity index (χ1n) is 7.47. The topological polar surface area (TPSA) is 87.1 Å². The number of aromatic nitrogens is 2. The number of aliphatic hydroxyl groups is 1. The Morgan fingerprint density at radius 1 is 1.17 bits per heavy atom. The molecule has 0 aliphatic heterocycles. The molecule has 0 saturated heterocycles. The summed E-state index contributed by atoms with van der Waals surface area (Å²) < 4.78 is 0. The Labute approximate surface area is 136 Å². The lowest BCUT2D eigenvalue weighted by molar-refractivity contribution is 0.0818. The SMILES string of the molecule is C[C@@H](NC(=O)NCC(C)(C)O)c1ccc(-c2cncnc2)cc1. The van der Waals surface area contributed by atoms with Crippen LogP contribution in [0.5, 0.6) is 0 Å². The van der Waals surface area contributed by atoms with Crippen molar-refractivity contribution in [3.05, 3.63) is 48.5 Å². The van der Waals surface area contributed by atoms with Crippen LogP contribution >= 0.6 is 0 Å². The van der Waals surface area contributed by atoms with Gasteiger partial charge in [-0.05, 0) is 31.9 Å². The van der Waals surface area contributed by atoms with Crippen LogP contribution < -0.4 is 10.6 Å². The molecule has 1 atom stereocenters. The summed E-state index contributed by atoms with van der Waals surface area (Å²) in [5.74, 6) is 0. The number of hydrogen-bond acceptors (Lipinski definition) is 4. The van der Waals surface area contributed by atoms with Crippen molar-refractivity contribution in [1.82, 2.24) is 20.6 Å². The van der Waals surface area contributed by atoms with Gasteiger partial charge in [0.05, 0.1) is 11.6 Å². The van der Waals surface area contributed by atoms with Crippen LogP contribution in [0.1, 0.15) is 32.4 Å². The largest absolute Gasteiger partial charge is 0.389 e. The highest BCUT2D eigenvalue weighted by atomic mass is 16.3. The van der Waals surface area contributed by atoms with Gasteiger partial charge in [-0.1, -0.05) is 24.3 Å². The summed E-state index contributed by atoms with van der Waals surface area (Å²) in [6.45, 7) is 5.38. The van der Waals surface area contributed by atoms with E-state index in [1.165, 1.54) is 6.33 Å². The summed E-state index contributed by atoms with van der Waals surface area (Å²) >= 11 is 0. The van der Waals surface area contributed by atoms with Crippen LogP contribution in [-0.2, 0) is 0 Å². The second-order valence-corrected chi connectivity index (χ2v) is 6.11. The zero-order chi connectivity index (χ0) is 16.9. The second-order valence-electron chi connectivity index (χ2n) is 6.11. The summed E-state index contributed by atoms with van der Waals surface area (Å²) in [5, 5.41) is 15.1. The molecule has 1 aromatic carbocycles. The summed E-state index contributed by atoms with van der Waals surface area (Å²) in [7, 11) is 0. The van der Waals surface area contributed by atoms with Gasteiger partial charge in [-0.2, -0.15) is 0 Å². The van der Waals surface area contributed by atoms with Crippen molar-refractivity contribution in [2.75, 3.05) is 6.54 Å². The summed E-state index contributed by atoms with van der Waals surface area (Å²) in [4.78, 5) is 19.8. The van der Waals surface area contributed by atoms with Crippen LogP contribution in [0.3, 0.4) is 0 Å². The molecule has 0 aliphatic carbocycles. The van der Waals surface area contributed by atoms with Crippen LogP contribution in [0.15, 0.2) is 43.0 Å². The summed E-state index contributed by atoms with van der Waals surface area (Å²) in [6, 6.07) is 7.42. The Bertz CT molecular complexity index is 636. The molecule has 0 fully saturated rings. The number of hydrogen-bond donors (Lipinski definition) is 3. The second kappa shape index (κ2) is 7.19. The predicted octanol–water partition coefficient (Wildman–Crippen LogP) is 2.27. The van der Waals surface area contributed by atoms with Crippen LogP contribution in [0.2, 0.25) is 0 Å². The van der Waals surface area contributed by atoms with Gasteiger partial charge in [0, 0.05) is 24.5 Å². The number of nitrogens with one attached hydrogen (secondary N) is 2. The van der Waals surface area contributed by atoms with E-state index in [1.807, 2.05) is 31.2 Å². The molecular weight excluding hydrogens is 292 g/mol. The molecule has 0 aliphatic rings. The van der Waals surface area contributed by atoms with Gasteiger partial charge in [0.25, 0.3) is 0 Å². The van der Waals surface area contributed by atoms with E-state index in [4.69, 9.17) is 0 Å². The third kappa shape index (κ3) is 5.34. The monoisotopic (exact) mass is 314 g/mol. The Kier molecular flexibility index (Phi) is 5.28. The molecule has 122 valence electrons. The first kappa shape index (κ1) is 16.9. The normalized spacial score (nSPS) is 12.5. The zero-order valence-electron chi connectivity index (χ0n) is 13.6. The molecule has 0 unspecified atom stereocenters. The molecule has 1 heterocycles. The van der Waals surface area contributed by atoms with Crippen molar-refractivity contribution in [2.45, 2.75) is 32.4 Å². The number of carbonyl (C=O) groups is 1. The zero-order valence-corrected chi connectivity index (χ0v) is 13.6. The maximum atomic E-state index is 11.8. The molecule has 0 saturated carbocycles. The highest BCUT2D eigenvalue weighted by Crippen LogP contribution is 2.20. The van der Waals surface area contributed by atoms with Gasteiger partial charge < -0.3 is 15.7 Å². The number of rotatable bonds is 5. The quantitative estimate of drug-likeness (QED) is 0.790. The predicted molar refractivity (Wildman–Crippen MR) is 88.7 cm³/mol.